The summed E-state index contributed by atoms with van der Waals surface area (Å²) in [6.07, 6.45) is 1.51. The van der Waals surface area contributed by atoms with Gasteiger partial charge in [-0.05, 0) is 61.9 Å². The number of benzene rings is 3. The summed E-state index contributed by atoms with van der Waals surface area (Å²) in [6.45, 7) is 3.91. The van der Waals surface area contributed by atoms with Gasteiger partial charge < -0.3 is 10.6 Å². The van der Waals surface area contributed by atoms with Gasteiger partial charge in [-0.3, -0.25) is 9.59 Å². The molecule has 0 radical (unpaired) electrons. The van der Waals surface area contributed by atoms with Crippen LogP contribution in [0.25, 0.3) is 6.08 Å². The zero-order valence-electron chi connectivity index (χ0n) is 16.8. The molecule has 0 aromatic heterocycles. The molecule has 2 N–H and O–H groups in total. The van der Waals surface area contributed by atoms with Gasteiger partial charge in [0.25, 0.3) is 11.8 Å². The first-order chi connectivity index (χ1) is 14.4. The van der Waals surface area contributed by atoms with Crippen molar-refractivity contribution in [2.45, 2.75) is 13.8 Å². The van der Waals surface area contributed by atoms with Crippen molar-refractivity contribution in [2.75, 3.05) is 10.6 Å². The van der Waals surface area contributed by atoms with Crippen LogP contribution in [0.3, 0.4) is 0 Å². The number of aryl methyl sites for hydroxylation is 2. The molecular formula is C25H21N3O2. The molecule has 0 bridgehead atoms. The summed E-state index contributed by atoms with van der Waals surface area (Å²) in [5.74, 6) is -1.04. The molecule has 3 rings (SSSR count). The van der Waals surface area contributed by atoms with E-state index in [-0.39, 0.29) is 5.57 Å². The van der Waals surface area contributed by atoms with Crippen LogP contribution in [0.1, 0.15) is 22.3 Å². The first-order valence-corrected chi connectivity index (χ1v) is 9.42. The second-order valence-electron chi connectivity index (χ2n) is 6.93. The number of amides is 2. The molecule has 0 spiro atoms. The van der Waals surface area contributed by atoms with Gasteiger partial charge >= 0.3 is 0 Å². The minimum Gasteiger partial charge on any atom is -0.322 e. The van der Waals surface area contributed by atoms with E-state index in [0.717, 1.165) is 11.1 Å². The van der Waals surface area contributed by atoms with Gasteiger partial charge in [-0.25, -0.2) is 0 Å². The first-order valence-electron chi connectivity index (χ1n) is 9.42. The third-order valence-corrected chi connectivity index (χ3v) is 4.46. The normalized spacial score (nSPS) is 9.90. The maximum Gasteiger partial charge on any atom is 0.261 e. The molecule has 30 heavy (non-hydrogen) atoms. The lowest BCUT2D eigenvalue weighted by atomic mass is 10.1. The standard InChI is InChI=1S/C25H21N3O2/c1-17-3-11-21(12-4-17)27-24(29)23(15-19-7-9-20(16-26)10-8-19)25(30)28-22-13-5-18(2)6-14-22/h3-15H,1-2H3,(H,27,29)(H,28,30). The second kappa shape index (κ2) is 9.35. The predicted molar refractivity (Wildman–Crippen MR) is 119 cm³/mol. The molecule has 0 aliphatic carbocycles. The molecule has 0 aliphatic rings. The van der Waals surface area contributed by atoms with Crippen molar-refractivity contribution in [3.05, 3.63) is 101 Å². The number of hydrogen-bond donors (Lipinski definition) is 2. The largest absolute Gasteiger partial charge is 0.322 e. The third-order valence-electron chi connectivity index (χ3n) is 4.46. The number of carbonyl (C=O) groups is 2. The monoisotopic (exact) mass is 395 g/mol. The summed E-state index contributed by atoms with van der Waals surface area (Å²) >= 11 is 0. The third kappa shape index (κ3) is 5.43. The van der Waals surface area contributed by atoms with Crippen LogP contribution >= 0.6 is 0 Å². The van der Waals surface area contributed by atoms with Gasteiger partial charge in [0.05, 0.1) is 11.6 Å². The number of carbonyl (C=O) groups excluding carboxylic acids is 2. The first kappa shape index (κ1) is 20.6. The van der Waals surface area contributed by atoms with Crippen LogP contribution in [0.15, 0.2) is 78.4 Å². The maximum atomic E-state index is 12.9. The molecule has 3 aromatic carbocycles. The molecule has 5 nitrogen and oxygen atoms in total. The fourth-order valence-corrected chi connectivity index (χ4v) is 2.73. The Balaban J connectivity index is 1.89. The van der Waals surface area contributed by atoms with Gasteiger partial charge in [-0.2, -0.15) is 5.26 Å². The lowest BCUT2D eigenvalue weighted by molar-refractivity contribution is -0.118. The van der Waals surface area contributed by atoms with Crippen molar-refractivity contribution in [1.29, 1.82) is 5.26 Å². The van der Waals surface area contributed by atoms with Crippen molar-refractivity contribution in [2.24, 2.45) is 0 Å². The summed E-state index contributed by atoms with van der Waals surface area (Å²) in [4.78, 5) is 25.8. The van der Waals surface area contributed by atoms with E-state index in [2.05, 4.69) is 10.6 Å². The number of nitriles is 1. The van der Waals surface area contributed by atoms with E-state index in [4.69, 9.17) is 5.26 Å². The minimum atomic E-state index is -0.521. The molecule has 0 atom stereocenters. The van der Waals surface area contributed by atoms with Gasteiger partial charge in [0, 0.05) is 11.4 Å². The Morgan fingerprint density at radius 3 is 1.57 bits per heavy atom. The van der Waals surface area contributed by atoms with Crippen molar-refractivity contribution in [1.82, 2.24) is 0 Å². The van der Waals surface area contributed by atoms with Crippen LogP contribution in [0.4, 0.5) is 11.4 Å². The Hall–Kier alpha value is -4.17. The Labute approximate surface area is 175 Å². The van der Waals surface area contributed by atoms with Gasteiger partial charge in [0.15, 0.2) is 0 Å². The van der Waals surface area contributed by atoms with Crippen molar-refractivity contribution in [3.63, 3.8) is 0 Å². The van der Waals surface area contributed by atoms with Crippen molar-refractivity contribution < 1.29 is 9.59 Å². The Kier molecular flexibility index (Phi) is 6.41. The Bertz CT molecular complexity index is 1060. The van der Waals surface area contributed by atoms with Gasteiger partial charge in [0.2, 0.25) is 0 Å². The molecule has 0 unspecified atom stereocenters. The van der Waals surface area contributed by atoms with E-state index < -0.39 is 11.8 Å². The quantitative estimate of drug-likeness (QED) is 0.369. The number of anilines is 2. The molecule has 0 saturated heterocycles. The lowest BCUT2D eigenvalue weighted by Gasteiger charge is -2.11. The molecule has 0 aliphatic heterocycles. The number of rotatable bonds is 5. The summed E-state index contributed by atoms with van der Waals surface area (Å²) in [7, 11) is 0. The smallest absolute Gasteiger partial charge is 0.261 e. The minimum absolute atomic E-state index is 0.0409. The average Bonchev–Trinajstić information content (AvgIpc) is 2.75. The van der Waals surface area contributed by atoms with E-state index in [1.807, 2.05) is 44.2 Å². The fourth-order valence-electron chi connectivity index (χ4n) is 2.73. The fraction of sp³-hybridized carbons (Fsp3) is 0.0800. The van der Waals surface area contributed by atoms with Crippen LogP contribution in [-0.4, -0.2) is 11.8 Å². The highest BCUT2D eigenvalue weighted by molar-refractivity contribution is 6.28. The highest BCUT2D eigenvalue weighted by atomic mass is 16.2. The Morgan fingerprint density at radius 2 is 1.17 bits per heavy atom. The molecular weight excluding hydrogens is 374 g/mol. The van der Waals surface area contributed by atoms with Crippen molar-refractivity contribution >= 4 is 29.3 Å². The highest BCUT2D eigenvalue weighted by Gasteiger charge is 2.19. The topological polar surface area (TPSA) is 82.0 Å². The summed E-state index contributed by atoms with van der Waals surface area (Å²) in [6, 6.07) is 23.4. The van der Waals surface area contributed by atoms with Crippen LogP contribution < -0.4 is 10.6 Å². The molecule has 3 aromatic rings. The zero-order chi connectivity index (χ0) is 21.5. The molecule has 2 amide bonds. The van der Waals surface area contributed by atoms with E-state index in [9.17, 15) is 9.59 Å². The molecule has 5 heteroatoms. The molecule has 0 fully saturated rings. The number of hydrogen-bond acceptors (Lipinski definition) is 3. The van der Waals surface area contributed by atoms with E-state index in [1.165, 1.54) is 6.08 Å². The zero-order valence-corrected chi connectivity index (χ0v) is 16.8. The van der Waals surface area contributed by atoms with Gasteiger partial charge in [-0.1, -0.05) is 47.5 Å². The molecule has 0 heterocycles. The number of nitrogens with one attached hydrogen (secondary N) is 2. The van der Waals surface area contributed by atoms with Crippen LogP contribution in [0, 0.1) is 25.2 Å². The SMILES string of the molecule is Cc1ccc(NC(=O)C(=Cc2ccc(C#N)cc2)C(=O)Nc2ccc(C)cc2)cc1. The predicted octanol–water partition coefficient (Wildman–Crippen LogP) is 4.84. The molecule has 0 saturated carbocycles. The second-order valence-corrected chi connectivity index (χ2v) is 6.93. The van der Waals surface area contributed by atoms with Crippen LogP contribution in [-0.2, 0) is 9.59 Å². The maximum absolute atomic E-state index is 12.9. The van der Waals surface area contributed by atoms with Crippen LogP contribution in [0.5, 0.6) is 0 Å². The summed E-state index contributed by atoms with van der Waals surface area (Å²) in [5, 5.41) is 14.5. The summed E-state index contributed by atoms with van der Waals surface area (Å²) in [5.41, 5.74) is 4.43. The van der Waals surface area contributed by atoms with E-state index in [0.29, 0.717) is 22.5 Å². The van der Waals surface area contributed by atoms with Gasteiger partial charge in [0.1, 0.15) is 5.57 Å². The van der Waals surface area contributed by atoms with Crippen molar-refractivity contribution in [3.8, 4) is 6.07 Å². The highest BCUT2D eigenvalue weighted by Crippen LogP contribution is 2.16. The lowest BCUT2D eigenvalue weighted by Crippen LogP contribution is -2.25. The average molecular weight is 395 g/mol. The van der Waals surface area contributed by atoms with E-state index in [1.54, 1.807) is 48.5 Å². The van der Waals surface area contributed by atoms with Crippen LogP contribution in [0.2, 0.25) is 0 Å². The summed E-state index contributed by atoms with van der Waals surface area (Å²) < 4.78 is 0. The van der Waals surface area contributed by atoms with Gasteiger partial charge in [-0.15, -0.1) is 0 Å². The molecule has 148 valence electrons. The Morgan fingerprint density at radius 1 is 0.733 bits per heavy atom. The number of nitrogens with zero attached hydrogens (tertiary/aromatic N) is 1. The van der Waals surface area contributed by atoms with E-state index >= 15 is 0 Å².